The molecule has 0 aliphatic heterocycles. The SMILES string of the molecule is C#CCC(NCCC)c1cc(C)oc1C. The first-order chi connectivity index (χ1) is 7.19. The van der Waals surface area contributed by atoms with Crippen molar-refractivity contribution in [2.24, 2.45) is 0 Å². The molecular weight excluding hydrogens is 186 g/mol. The molecule has 2 heteroatoms. The van der Waals surface area contributed by atoms with Crippen LogP contribution < -0.4 is 5.32 Å². The number of aryl methyl sites for hydroxylation is 2. The summed E-state index contributed by atoms with van der Waals surface area (Å²) in [7, 11) is 0. The summed E-state index contributed by atoms with van der Waals surface area (Å²) >= 11 is 0. The van der Waals surface area contributed by atoms with Gasteiger partial charge in [0.15, 0.2) is 0 Å². The smallest absolute Gasteiger partial charge is 0.105 e. The van der Waals surface area contributed by atoms with Gasteiger partial charge in [-0.3, -0.25) is 0 Å². The van der Waals surface area contributed by atoms with Crippen molar-refractivity contribution in [3.8, 4) is 12.3 Å². The maximum absolute atomic E-state index is 5.51. The molecule has 1 atom stereocenters. The fraction of sp³-hybridized carbons (Fsp3) is 0.538. The molecule has 1 N–H and O–H groups in total. The molecule has 1 aromatic rings. The summed E-state index contributed by atoms with van der Waals surface area (Å²) in [5.41, 5.74) is 1.19. The molecule has 82 valence electrons. The molecule has 0 aliphatic rings. The van der Waals surface area contributed by atoms with Gasteiger partial charge in [0, 0.05) is 18.0 Å². The van der Waals surface area contributed by atoms with Crippen molar-refractivity contribution in [2.75, 3.05) is 6.54 Å². The van der Waals surface area contributed by atoms with Gasteiger partial charge in [0.2, 0.25) is 0 Å². The van der Waals surface area contributed by atoms with Gasteiger partial charge in [-0.25, -0.2) is 0 Å². The lowest BCUT2D eigenvalue weighted by molar-refractivity contribution is 0.484. The third-order valence-corrected chi connectivity index (χ3v) is 2.42. The van der Waals surface area contributed by atoms with E-state index in [1.807, 2.05) is 13.8 Å². The van der Waals surface area contributed by atoms with Crippen LogP contribution in [0.5, 0.6) is 0 Å². The molecule has 1 rings (SSSR count). The summed E-state index contributed by atoms with van der Waals surface area (Å²) < 4.78 is 5.51. The van der Waals surface area contributed by atoms with E-state index in [0.717, 1.165) is 24.5 Å². The Labute approximate surface area is 92.1 Å². The number of terminal acetylenes is 1. The lowest BCUT2D eigenvalue weighted by atomic mass is 10.0. The average Bonchev–Trinajstić information content (AvgIpc) is 2.52. The second-order valence-electron chi connectivity index (χ2n) is 3.78. The van der Waals surface area contributed by atoms with Crippen molar-refractivity contribution in [1.29, 1.82) is 0 Å². The van der Waals surface area contributed by atoms with E-state index in [0.29, 0.717) is 6.42 Å². The van der Waals surface area contributed by atoms with Crippen LogP contribution in [-0.4, -0.2) is 6.54 Å². The quantitative estimate of drug-likeness (QED) is 0.748. The van der Waals surface area contributed by atoms with Crippen LogP contribution in [0.3, 0.4) is 0 Å². The molecule has 1 unspecified atom stereocenters. The highest BCUT2D eigenvalue weighted by Gasteiger charge is 2.15. The molecule has 0 bridgehead atoms. The molecule has 0 saturated heterocycles. The maximum Gasteiger partial charge on any atom is 0.105 e. The first-order valence-electron chi connectivity index (χ1n) is 5.42. The van der Waals surface area contributed by atoms with Crippen LogP contribution in [0.1, 0.15) is 42.9 Å². The lowest BCUT2D eigenvalue weighted by Gasteiger charge is -2.14. The van der Waals surface area contributed by atoms with Crippen LogP contribution >= 0.6 is 0 Å². The third kappa shape index (κ3) is 3.14. The lowest BCUT2D eigenvalue weighted by Crippen LogP contribution is -2.21. The van der Waals surface area contributed by atoms with Gasteiger partial charge in [-0.2, -0.15) is 0 Å². The zero-order valence-corrected chi connectivity index (χ0v) is 9.76. The largest absolute Gasteiger partial charge is 0.466 e. The van der Waals surface area contributed by atoms with Crippen molar-refractivity contribution in [3.63, 3.8) is 0 Å². The highest BCUT2D eigenvalue weighted by Crippen LogP contribution is 2.23. The van der Waals surface area contributed by atoms with Gasteiger partial charge in [-0.15, -0.1) is 12.3 Å². The van der Waals surface area contributed by atoms with E-state index in [9.17, 15) is 0 Å². The second kappa shape index (κ2) is 5.63. The van der Waals surface area contributed by atoms with Gasteiger partial charge in [0.05, 0.1) is 0 Å². The predicted octanol–water partition coefficient (Wildman–Crippen LogP) is 2.96. The van der Waals surface area contributed by atoms with Crippen LogP contribution in [-0.2, 0) is 0 Å². The predicted molar refractivity (Wildman–Crippen MR) is 62.7 cm³/mol. The fourth-order valence-electron chi connectivity index (χ4n) is 1.72. The first kappa shape index (κ1) is 11.9. The molecule has 0 saturated carbocycles. The van der Waals surface area contributed by atoms with Crippen molar-refractivity contribution < 1.29 is 4.42 Å². The normalized spacial score (nSPS) is 12.4. The fourth-order valence-corrected chi connectivity index (χ4v) is 1.72. The molecular formula is C13H19NO. The summed E-state index contributed by atoms with van der Waals surface area (Å²) in [6.07, 6.45) is 7.19. The van der Waals surface area contributed by atoms with Crippen molar-refractivity contribution in [1.82, 2.24) is 5.32 Å². The van der Waals surface area contributed by atoms with E-state index in [2.05, 4.69) is 24.2 Å². The van der Waals surface area contributed by atoms with E-state index in [1.165, 1.54) is 5.56 Å². The maximum atomic E-state index is 5.51. The summed E-state index contributed by atoms with van der Waals surface area (Å²) in [5.74, 6) is 4.62. The molecule has 1 heterocycles. The number of hydrogen-bond acceptors (Lipinski definition) is 2. The highest BCUT2D eigenvalue weighted by molar-refractivity contribution is 5.25. The minimum absolute atomic E-state index is 0.229. The van der Waals surface area contributed by atoms with Crippen LogP contribution in [0, 0.1) is 26.2 Å². The monoisotopic (exact) mass is 205 g/mol. The number of furan rings is 1. The van der Waals surface area contributed by atoms with Crippen LogP contribution in [0.25, 0.3) is 0 Å². The average molecular weight is 205 g/mol. The first-order valence-corrected chi connectivity index (χ1v) is 5.42. The zero-order valence-electron chi connectivity index (χ0n) is 9.76. The minimum atomic E-state index is 0.229. The molecule has 15 heavy (non-hydrogen) atoms. The molecule has 0 aliphatic carbocycles. The Kier molecular flexibility index (Phi) is 4.45. The zero-order chi connectivity index (χ0) is 11.3. The second-order valence-corrected chi connectivity index (χ2v) is 3.78. The molecule has 0 fully saturated rings. The van der Waals surface area contributed by atoms with E-state index in [4.69, 9.17) is 10.8 Å². The molecule has 0 aromatic carbocycles. The van der Waals surface area contributed by atoms with Crippen LogP contribution in [0.2, 0.25) is 0 Å². The highest BCUT2D eigenvalue weighted by atomic mass is 16.3. The van der Waals surface area contributed by atoms with Crippen molar-refractivity contribution >= 4 is 0 Å². The number of rotatable bonds is 5. The van der Waals surface area contributed by atoms with Gasteiger partial charge in [0.1, 0.15) is 11.5 Å². The third-order valence-electron chi connectivity index (χ3n) is 2.42. The Morgan fingerprint density at radius 1 is 1.53 bits per heavy atom. The Morgan fingerprint density at radius 2 is 2.27 bits per heavy atom. The Hall–Kier alpha value is -1.20. The van der Waals surface area contributed by atoms with Gasteiger partial charge in [0.25, 0.3) is 0 Å². The number of nitrogens with one attached hydrogen (secondary N) is 1. The topological polar surface area (TPSA) is 25.2 Å². The Morgan fingerprint density at radius 3 is 2.73 bits per heavy atom. The van der Waals surface area contributed by atoms with Gasteiger partial charge < -0.3 is 9.73 Å². The Bertz CT molecular complexity index is 346. The molecule has 0 amide bonds. The van der Waals surface area contributed by atoms with Gasteiger partial charge >= 0.3 is 0 Å². The van der Waals surface area contributed by atoms with E-state index in [-0.39, 0.29) is 6.04 Å². The van der Waals surface area contributed by atoms with E-state index < -0.39 is 0 Å². The van der Waals surface area contributed by atoms with Crippen molar-refractivity contribution in [3.05, 3.63) is 23.2 Å². The van der Waals surface area contributed by atoms with E-state index in [1.54, 1.807) is 0 Å². The summed E-state index contributed by atoms with van der Waals surface area (Å²) in [4.78, 5) is 0. The summed E-state index contributed by atoms with van der Waals surface area (Å²) in [6, 6.07) is 2.30. The molecule has 1 aromatic heterocycles. The summed E-state index contributed by atoms with van der Waals surface area (Å²) in [5, 5.41) is 3.44. The molecule has 0 spiro atoms. The molecule has 0 radical (unpaired) electrons. The van der Waals surface area contributed by atoms with Crippen LogP contribution in [0.4, 0.5) is 0 Å². The molecule has 2 nitrogen and oxygen atoms in total. The van der Waals surface area contributed by atoms with Gasteiger partial charge in [-0.1, -0.05) is 6.92 Å². The van der Waals surface area contributed by atoms with Crippen molar-refractivity contribution in [2.45, 2.75) is 39.7 Å². The minimum Gasteiger partial charge on any atom is -0.466 e. The van der Waals surface area contributed by atoms with Gasteiger partial charge in [-0.05, 0) is 32.9 Å². The summed E-state index contributed by atoms with van der Waals surface area (Å²) in [6.45, 7) is 7.08. The number of hydrogen-bond donors (Lipinski definition) is 1. The van der Waals surface area contributed by atoms with Crippen LogP contribution in [0.15, 0.2) is 10.5 Å². The Balaban J connectivity index is 2.79. The van der Waals surface area contributed by atoms with E-state index >= 15 is 0 Å². The standard InChI is InChI=1S/C13H19NO/c1-5-7-13(14-8-6-2)12-9-10(3)15-11(12)4/h1,9,13-14H,6-8H2,2-4H3.